The fourth-order valence-electron chi connectivity index (χ4n) is 5.43. The molecule has 4 aromatic rings. The number of imide groups is 1. The minimum atomic E-state index is -1.11. The summed E-state index contributed by atoms with van der Waals surface area (Å²) >= 11 is 3.58. The molecule has 0 saturated carbocycles. The molecule has 0 bridgehead atoms. The first kappa shape index (κ1) is 26.1. The Hall–Kier alpha value is -4.15. The number of pyridine rings is 1. The molecule has 2 aliphatic rings. The second kappa shape index (κ2) is 10.8. The standard InChI is InChI=1S/C30H27BrN6O3/c1-40-26-13-17-33-28(34-26)37-29(39)36(23-11-9-22(10-12-23)21-6-3-2-4-7-21)27(38)30(37)14-18-35(19-15-30)20-25-24(31)8-5-16-32-25/h2-13,16-17H,14-15,18-20H2,1H3. The molecule has 0 atom stereocenters. The minimum absolute atomic E-state index is 0.155. The van der Waals surface area contributed by atoms with Gasteiger partial charge in [0.2, 0.25) is 11.8 Å². The van der Waals surface area contributed by atoms with Crippen LogP contribution in [0.4, 0.5) is 16.4 Å². The van der Waals surface area contributed by atoms with Crippen molar-refractivity contribution in [2.75, 3.05) is 30.0 Å². The van der Waals surface area contributed by atoms with Gasteiger partial charge in [-0.2, -0.15) is 4.98 Å². The van der Waals surface area contributed by atoms with Gasteiger partial charge < -0.3 is 4.74 Å². The van der Waals surface area contributed by atoms with Crippen molar-refractivity contribution >= 4 is 39.5 Å². The van der Waals surface area contributed by atoms with Crippen LogP contribution in [-0.4, -0.2) is 57.5 Å². The second-order valence-electron chi connectivity index (χ2n) is 9.81. The number of nitrogens with zero attached hydrogens (tertiary/aromatic N) is 6. The normalized spacial score (nSPS) is 17.1. The van der Waals surface area contributed by atoms with E-state index >= 15 is 0 Å². The molecule has 0 N–H and O–H groups in total. The smallest absolute Gasteiger partial charge is 0.339 e. The van der Waals surface area contributed by atoms with Crippen LogP contribution in [0.25, 0.3) is 11.1 Å². The Balaban J connectivity index is 1.33. The first-order valence-electron chi connectivity index (χ1n) is 13.0. The lowest BCUT2D eigenvalue weighted by atomic mass is 9.85. The van der Waals surface area contributed by atoms with Crippen LogP contribution >= 0.6 is 15.9 Å². The average Bonchev–Trinajstić information content (AvgIpc) is 3.21. The number of rotatable bonds is 6. The van der Waals surface area contributed by atoms with E-state index in [1.54, 1.807) is 12.3 Å². The lowest BCUT2D eigenvalue weighted by Gasteiger charge is -2.41. The number of benzene rings is 2. The van der Waals surface area contributed by atoms with Crippen LogP contribution in [0, 0.1) is 0 Å². The maximum Gasteiger partial charge on any atom is 0.339 e. The third-order valence-corrected chi connectivity index (χ3v) is 8.28. The first-order chi connectivity index (χ1) is 19.5. The van der Waals surface area contributed by atoms with Gasteiger partial charge in [-0.3, -0.25) is 14.7 Å². The maximum atomic E-state index is 14.2. The van der Waals surface area contributed by atoms with Crippen LogP contribution in [-0.2, 0) is 11.3 Å². The third kappa shape index (κ3) is 4.63. The van der Waals surface area contributed by atoms with Crippen molar-refractivity contribution in [2.45, 2.75) is 24.9 Å². The average molecular weight is 599 g/mol. The Morgan fingerprint density at radius 1 is 0.875 bits per heavy atom. The summed E-state index contributed by atoms with van der Waals surface area (Å²) in [6.07, 6.45) is 4.17. The predicted octanol–water partition coefficient (Wildman–Crippen LogP) is 5.32. The fourth-order valence-corrected chi connectivity index (χ4v) is 5.81. The van der Waals surface area contributed by atoms with E-state index < -0.39 is 11.6 Å². The molecule has 0 radical (unpaired) electrons. The van der Waals surface area contributed by atoms with Crippen molar-refractivity contribution in [1.29, 1.82) is 0 Å². The molecule has 0 unspecified atom stereocenters. The molecule has 1 spiro atoms. The molecule has 10 heteroatoms. The monoisotopic (exact) mass is 598 g/mol. The summed E-state index contributed by atoms with van der Waals surface area (Å²) < 4.78 is 6.25. The molecule has 3 amide bonds. The van der Waals surface area contributed by atoms with Gasteiger partial charge in [0, 0.05) is 42.6 Å². The minimum Gasteiger partial charge on any atom is -0.481 e. The number of hydrogen-bond donors (Lipinski definition) is 0. The third-order valence-electron chi connectivity index (χ3n) is 7.56. The maximum absolute atomic E-state index is 14.2. The van der Waals surface area contributed by atoms with Gasteiger partial charge in [-0.15, -0.1) is 0 Å². The van der Waals surface area contributed by atoms with Crippen molar-refractivity contribution < 1.29 is 14.3 Å². The Morgan fingerprint density at radius 3 is 2.30 bits per heavy atom. The van der Waals surface area contributed by atoms with Crippen LogP contribution in [0.5, 0.6) is 5.88 Å². The Kier molecular flexibility index (Phi) is 7.03. The summed E-state index contributed by atoms with van der Waals surface area (Å²) in [7, 11) is 1.51. The largest absolute Gasteiger partial charge is 0.481 e. The van der Waals surface area contributed by atoms with Gasteiger partial charge in [-0.05, 0) is 64.2 Å². The topological polar surface area (TPSA) is 91.8 Å². The highest BCUT2D eigenvalue weighted by Gasteiger charge is 2.60. The van der Waals surface area contributed by atoms with Crippen molar-refractivity contribution in [3.63, 3.8) is 0 Å². The zero-order chi connectivity index (χ0) is 27.7. The molecule has 9 nitrogen and oxygen atoms in total. The number of amides is 3. The highest BCUT2D eigenvalue weighted by atomic mass is 79.9. The van der Waals surface area contributed by atoms with E-state index in [1.165, 1.54) is 23.1 Å². The SMILES string of the molecule is COc1ccnc(N2C(=O)N(c3ccc(-c4ccccc4)cc3)C(=O)C23CCN(Cc2ncccc2Br)CC3)n1. The van der Waals surface area contributed by atoms with Crippen LogP contribution in [0.1, 0.15) is 18.5 Å². The zero-order valence-electron chi connectivity index (χ0n) is 21.9. The molecule has 2 aliphatic heterocycles. The number of halogens is 1. The molecule has 6 rings (SSSR count). The Labute approximate surface area is 240 Å². The van der Waals surface area contributed by atoms with E-state index in [4.69, 9.17) is 4.74 Å². The number of carbonyl (C=O) groups is 2. The van der Waals surface area contributed by atoms with Crippen molar-refractivity contribution in [2.24, 2.45) is 0 Å². The summed E-state index contributed by atoms with van der Waals surface area (Å²) in [5.41, 5.74) is 2.39. The van der Waals surface area contributed by atoms with E-state index in [9.17, 15) is 9.59 Å². The van der Waals surface area contributed by atoms with Crippen molar-refractivity contribution in [3.8, 4) is 17.0 Å². The number of anilines is 2. The van der Waals surface area contributed by atoms with E-state index in [2.05, 4.69) is 35.8 Å². The van der Waals surface area contributed by atoms with Gasteiger partial charge >= 0.3 is 6.03 Å². The molecule has 2 aromatic carbocycles. The molecule has 2 aromatic heterocycles. The van der Waals surface area contributed by atoms with E-state index in [1.807, 2.05) is 66.7 Å². The van der Waals surface area contributed by atoms with E-state index in [-0.39, 0.29) is 11.9 Å². The van der Waals surface area contributed by atoms with Gasteiger partial charge in [0.15, 0.2) is 0 Å². The summed E-state index contributed by atoms with van der Waals surface area (Å²) in [6.45, 7) is 1.84. The first-order valence-corrected chi connectivity index (χ1v) is 13.8. The number of urea groups is 1. The van der Waals surface area contributed by atoms with Gasteiger partial charge in [-0.25, -0.2) is 19.6 Å². The lowest BCUT2D eigenvalue weighted by Crippen LogP contribution is -2.57. The van der Waals surface area contributed by atoms with Crippen LogP contribution in [0.2, 0.25) is 0 Å². The fraction of sp³-hybridized carbons (Fsp3) is 0.233. The number of ether oxygens (including phenoxy) is 1. The quantitative estimate of drug-likeness (QED) is 0.277. The highest BCUT2D eigenvalue weighted by molar-refractivity contribution is 9.10. The molecular formula is C30H27BrN6O3. The van der Waals surface area contributed by atoms with Crippen molar-refractivity contribution in [1.82, 2.24) is 19.9 Å². The van der Waals surface area contributed by atoms with E-state index in [0.29, 0.717) is 44.0 Å². The molecule has 4 heterocycles. The highest BCUT2D eigenvalue weighted by Crippen LogP contribution is 2.42. The molecule has 40 heavy (non-hydrogen) atoms. The van der Waals surface area contributed by atoms with Crippen LogP contribution in [0.15, 0.2) is 89.7 Å². The Bertz CT molecular complexity index is 1540. The van der Waals surface area contributed by atoms with Gasteiger partial charge in [0.25, 0.3) is 5.91 Å². The van der Waals surface area contributed by atoms with Crippen LogP contribution < -0.4 is 14.5 Å². The zero-order valence-corrected chi connectivity index (χ0v) is 23.5. The van der Waals surface area contributed by atoms with Gasteiger partial charge in [-0.1, -0.05) is 42.5 Å². The number of piperidine rings is 1. The Morgan fingerprint density at radius 2 is 1.60 bits per heavy atom. The summed E-state index contributed by atoms with van der Waals surface area (Å²) in [6, 6.07) is 22.5. The van der Waals surface area contributed by atoms with Crippen molar-refractivity contribution in [3.05, 3.63) is 95.4 Å². The number of methoxy groups -OCH3 is 1. The predicted molar refractivity (Wildman–Crippen MR) is 155 cm³/mol. The number of likely N-dealkylation sites (tertiary alicyclic amines) is 1. The molecule has 2 saturated heterocycles. The van der Waals surface area contributed by atoms with Gasteiger partial charge in [0.1, 0.15) is 5.54 Å². The van der Waals surface area contributed by atoms with E-state index in [0.717, 1.165) is 21.3 Å². The lowest BCUT2D eigenvalue weighted by molar-refractivity contribution is -0.123. The number of hydrogen-bond acceptors (Lipinski definition) is 7. The van der Waals surface area contributed by atoms with Gasteiger partial charge in [0.05, 0.1) is 18.5 Å². The summed E-state index contributed by atoms with van der Waals surface area (Å²) in [5.74, 6) is 0.209. The second-order valence-corrected chi connectivity index (χ2v) is 10.7. The molecule has 202 valence electrons. The van der Waals surface area contributed by atoms with Crippen LogP contribution in [0.3, 0.4) is 0 Å². The molecular weight excluding hydrogens is 572 g/mol. The molecule has 2 fully saturated rings. The molecule has 0 aliphatic carbocycles. The summed E-state index contributed by atoms with van der Waals surface area (Å²) in [5, 5.41) is 0. The number of aromatic nitrogens is 3. The number of carbonyl (C=O) groups excluding carboxylic acids is 2. The summed E-state index contributed by atoms with van der Waals surface area (Å²) in [4.78, 5) is 46.6.